The Labute approximate surface area is 176 Å². The maximum atomic E-state index is 11.5. The minimum atomic E-state index is -4.33. The molecule has 0 fully saturated rings. The van der Waals surface area contributed by atoms with Crippen LogP contribution in [0.4, 0.5) is 0 Å². The molecule has 0 atom stereocenters. The number of benzene rings is 2. The van der Waals surface area contributed by atoms with Gasteiger partial charge in [-0.2, -0.15) is 4.37 Å². The molecule has 3 aromatic rings. The van der Waals surface area contributed by atoms with Crippen LogP contribution in [0.25, 0.3) is 22.4 Å². The monoisotopic (exact) mass is 453 g/mol. The predicted molar refractivity (Wildman–Crippen MR) is 115 cm³/mol. The third kappa shape index (κ3) is 4.76. The minimum Gasteiger partial charge on any atom is -0.496 e. The first-order chi connectivity index (χ1) is 13.8. The summed E-state index contributed by atoms with van der Waals surface area (Å²) >= 11 is 1.77. The molecule has 0 amide bonds. The normalized spacial score (nSPS) is 11.4. The molecule has 0 aliphatic heterocycles. The quantitative estimate of drug-likeness (QED) is 0.483. The van der Waals surface area contributed by atoms with Gasteiger partial charge in [0.25, 0.3) is 0 Å². The molecule has 0 spiro atoms. The van der Waals surface area contributed by atoms with Crippen molar-refractivity contribution in [2.24, 2.45) is 0 Å². The van der Waals surface area contributed by atoms with Crippen molar-refractivity contribution in [1.82, 2.24) is 4.37 Å². The molecule has 29 heavy (non-hydrogen) atoms. The Balaban J connectivity index is 2.11. The molecule has 2 aromatic carbocycles. The lowest BCUT2D eigenvalue weighted by Crippen LogP contribution is -1.95. The first-order valence-corrected chi connectivity index (χ1v) is 12.3. The molecular formula is C19H20NO6PS2. The molecule has 0 aliphatic carbocycles. The van der Waals surface area contributed by atoms with Gasteiger partial charge in [0.15, 0.2) is 11.5 Å². The number of hydrogen-bond donors (Lipinski definition) is 2. The zero-order valence-electron chi connectivity index (χ0n) is 16.2. The van der Waals surface area contributed by atoms with E-state index in [2.05, 4.69) is 4.37 Å². The highest BCUT2D eigenvalue weighted by molar-refractivity contribution is 8.54. The van der Waals surface area contributed by atoms with Gasteiger partial charge in [0.2, 0.25) is 0 Å². The Bertz CT molecular complexity index is 1080. The number of ether oxygens (including phenoxy) is 3. The van der Waals surface area contributed by atoms with E-state index in [-0.39, 0.29) is 0 Å². The molecule has 10 heteroatoms. The van der Waals surface area contributed by atoms with Crippen molar-refractivity contribution < 1.29 is 28.6 Å². The fourth-order valence-electron chi connectivity index (χ4n) is 2.98. The van der Waals surface area contributed by atoms with Gasteiger partial charge in [0, 0.05) is 16.5 Å². The van der Waals surface area contributed by atoms with Gasteiger partial charge in [0.1, 0.15) is 5.75 Å². The fraction of sp³-hybridized carbons (Fsp3) is 0.211. The summed E-state index contributed by atoms with van der Waals surface area (Å²) in [6.07, 6.45) is 0. The molecule has 0 saturated carbocycles. The zero-order chi connectivity index (χ0) is 21.2. The Kier molecular flexibility index (Phi) is 6.55. The average molecular weight is 453 g/mol. The van der Waals surface area contributed by atoms with Gasteiger partial charge in [-0.05, 0) is 65.2 Å². The molecule has 0 radical (unpaired) electrons. The third-order valence-corrected chi connectivity index (χ3v) is 6.89. The molecule has 0 aliphatic rings. The predicted octanol–water partition coefficient (Wildman–Crippen LogP) is 5.00. The minimum absolute atomic E-state index is 0.360. The second-order valence-corrected chi connectivity index (χ2v) is 10.3. The topological polar surface area (TPSA) is 98.1 Å². The number of methoxy groups -OCH3 is 3. The second kappa shape index (κ2) is 8.77. The number of aromatic nitrogens is 1. The van der Waals surface area contributed by atoms with Crippen molar-refractivity contribution in [3.8, 4) is 39.6 Å². The molecule has 3 rings (SSSR count). The molecule has 1 aromatic heterocycles. The summed E-state index contributed by atoms with van der Waals surface area (Å²) < 4.78 is 32.1. The zero-order valence-corrected chi connectivity index (χ0v) is 18.7. The molecule has 7 nitrogen and oxygen atoms in total. The first kappa shape index (κ1) is 21.7. The molecule has 1 heterocycles. The lowest BCUT2D eigenvalue weighted by atomic mass is 10.00. The van der Waals surface area contributed by atoms with E-state index in [1.807, 2.05) is 30.5 Å². The summed E-state index contributed by atoms with van der Waals surface area (Å²) in [5.74, 6) is 1.67. The van der Waals surface area contributed by atoms with Crippen LogP contribution in [0.15, 0.2) is 40.6 Å². The smallest absolute Gasteiger partial charge is 0.388 e. The number of hydrogen-bond acceptors (Lipinski definition) is 7. The van der Waals surface area contributed by atoms with Crippen LogP contribution >= 0.6 is 29.7 Å². The van der Waals surface area contributed by atoms with Crippen LogP contribution in [0.5, 0.6) is 17.2 Å². The first-order valence-electron chi connectivity index (χ1n) is 8.38. The summed E-state index contributed by atoms with van der Waals surface area (Å²) in [7, 11) is 4.64. The van der Waals surface area contributed by atoms with Crippen LogP contribution in [-0.2, 0) is 4.57 Å². The molecule has 2 N–H and O–H groups in total. The standard InChI is InChI=1S/C19H20NO6PS2/c1-11-7-13(8-16(25-3)19(11)26-4)18-14(10-28-20-18)12-5-6-15(24-2)17(9-12)29-27(21,22)23/h5-10H,1-4H3,(H2,21,22,23). The van der Waals surface area contributed by atoms with E-state index in [0.29, 0.717) is 33.5 Å². The number of aryl methyl sites for hydroxylation is 1. The SMILES string of the molecule is COc1ccc(-c2csnc2-c2cc(C)c(OC)c(OC)c2)cc1SP(=O)(O)O. The molecule has 154 valence electrons. The number of nitrogens with zero attached hydrogens (tertiary/aromatic N) is 1. The van der Waals surface area contributed by atoms with Crippen LogP contribution in [0.3, 0.4) is 0 Å². The van der Waals surface area contributed by atoms with Gasteiger partial charge in [0.05, 0.1) is 31.9 Å². The van der Waals surface area contributed by atoms with Gasteiger partial charge < -0.3 is 24.0 Å². The van der Waals surface area contributed by atoms with Crippen molar-refractivity contribution in [3.05, 3.63) is 41.3 Å². The maximum absolute atomic E-state index is 11.5. The van der Waals surface area contributed by atoms with E-state index < -0.39 is 6.80 Å². The molecule has 0 unspecified atom stereocenters. The highest BCUT2D eigenvalue weighted by Gasteiger charge is 2.21. The highest BCUT2D eigenvalue weighted by Crippen LogP contribution is 2.57. The van der Waals surface area contributed by atoms with Crippen LogP contribution in [0.2, 0.25) is 0 Å². The maximum Gasteiger partial charge on any atom is 0.388 e. The summed E-state index contributed by atoms with van der Waals surface area (Å²) in [6, 6.07) is 9.05. The molecule has 0 saturated heterocycles. The lowest BCUT2D eigenvalue weighted by molar-refractivity contribution is 0.353. The van der Waals surface area contributed by atoms with E-state index in [0.717, 1.165) is 27.9 Å². The summed E-state index contributed by atoms with van der Waals surface area (Å²) in [5.41, 5.74) is 4.14. The summed E-state index contributed by atoms with van der Waals surface area (Å²) in [5, 5.41) is 1.90. The van der Waals surface area contributed by atoms with Gasteiger partial charge in [-0.25, -0.2) is 4.57 Å². The van der Waals surface area contributed by atoms with E-state index in [1.165, 1.54) is 18.6 Å². The van der Waals surface area contributed by atoms with Crippen molar-refractivity contribution in [2.45, 2.75) is 11.8 Å². The van der Waals surface area contributed by atoms with E-state index in [9.17, 15) is 14.4 Å². The van der Waals surface area contributed by atoms with Crippen molar-refractivity contribution in [2.75, 3.05) is 21.3 Å². The summed E-state index contributed by atoms with van der Waals surface area (Å²) in [4.78, 5) is 19.1. The lowest BCUT2D eigenvalue weighted by Gasteiger charge is -2.14. The van der Waals surface area contributed by atoms with Gasteiger partial charge in [-0.1, -0.05) is 6.07 Å². The Morgan fingerprint density at radius 1 is 1.00 bits per heavy atom. The van der Waals surface area contributed by atoms with Gasteiger partial charge in [-0.15, -0.1) is 0 Å². The second-order valence-electron chi connectivity index (χ2n) is 6.05. The average Bonchev–Trinajstić information content (AvgIpc) is 3.15. The van der Waals surface area contributed by atoms with Crippen LogP contribution in [0, 0.1) is 6.92 Å². The highest BCUT2D eigenvalue weighted by atomic mass is 32.7. The van der Waals surface area contributed by atoms with Crippen molar-refractivity contribution in [3.63, 3.8) is 0 Å². The van der Waals surface area contributed by atoms with E-state index >= 15 is 0 Å². The Hall–Kier alpha value is -2.03. The molecule has 0 bridgehead atoms. The third-order valence-electron chi connectivity index (χ3n) is 4.20. The van der Waals surface area contributed by atoms with Crippen LogP contribution < -0.4 is 14.2 Å². The van der Waals surface area contributed by atoms with Crippen molar-refractivity contribution >= 4 is 29.7 Å². The Morgan fingerprint density at radius 2 is 1.72 bits per heavy atom. The molecular weight excluding hydrogens is 433 g/mol. The van der Waals surface area contributed by atoms with Crippen LogP contribution in [-0.4, -0.2) is 35.5 Å². The van der Waals surface area contributed by atoms with Gasteiger partial charge >= 0.3 is 6.80 Å². The van der Waals surface area contributed by atoms with Gasteiger partial charge in [-0.3, -0.25) is 0 Å². The largest absolute Gasteiger partial charge is 0.496 e. The summed E-state index contributed by atoms with van der Waals surface area (Å²) in [6.45, 7) is -2.40. The number of rotatable bonds is 7. The van der Waals surface area contributed by atoms with E-state index in [1.54, 1.807) is 26.4 Å². The fourth-order valence-corrected chi connectivity index (χ4v) is 5.57. The van der Waals surface area contributed by atoms with Crippen molar-refractivity contribution in [1.29, 1.82) is 0 Å². The van der Waals surface area contributed by atoms with E-state index in [4.69, 9.17) is 14.2 Å². The Morgan fingerprint density at radius 3 is 2.34 bits per heavy atom. The van der Waals surface area contributed by atoms with Crippen LogP contribution in [0.1, 0.15) is 5.56 Å².